The number of carbonyl (C=O) groups excluding carboxylic acids is 1. The summed E-state index contributed by atoms with van der Waals surface area (Å²) in [5.41, 5.74) is 0.392. The number of methoxy groups -OCH3 is 1. The molecule has 0 saturated heterocycles. The molecule has 1 rings (SSSR count). The van der Waals surface area contributed by atoms with E-state index in [0.29, 0.717) is 0 Å². The van der Waals surface area contributed by atoms with E-state index in [1.807, 2.05) is 5.48 Å². The Kier molecular flexibility index (Phi) is 5.77. The van der Waals surface area contributed by atoms with Crippen molar-refractivity contribution in [3.63, 3.8) is 0 Å². The Bertz CT molecular complexity index is 451. The molecule has 0 radical (unpaired) electrons. The number of halogens is 4. The van der Waals surface area contributed by atoms with Gasteiger partial charge in [-0.05, 0) is 18.2 Å². The Balaban J connectivity index is 2.85. The molecule has 1 amide bonds. The summed E-state index contributed by atoms with van der Waals surface area (Å²) in [6, 6.07) is 3.26. The van der Waals surface area contributed by atoms with E-state index in [0.717, 1.165) is 12.1 Å². The van der Waals surface area contributed by atoms with E-state index in [4.69, 9.17) is 0 Å². The van der Waals surface area contributed by atoms with Crippen molar-refractivity contribution >= 4 is 21.8 Å². The fourth-order valence-corrected chi connectivity index (χ4v) is 1.61. The van der Waals surface area contributed by atoms with Crippen molar-refractivity contribution in [3.8, 4) is 0 Å². The Morgan fingerprint density at radius 3 is 2.63 bits per heavy atom. The highest BCUT2D eigenvalue weighted by molar-refractivity contribution is 9.10. The number of amides is 1. The Labute approximate surface area is 116 Å². The summed E-state index contributed by atoms with van der Waals surface area (Å²) in [6.07, 6.45) is -4.62. The molecule has 1 aromatic rings. The molecule has 4 nitrogen and oxygen atoms in total. The third kappa shape index (κ3) is 4.81. The minimum Gasteiger partial charge on any atom is -0.382 e. The number of hydrogen-bond donors (Lipinski definition) is 1. The van der Waals surface area contributed by atoms with Gasteiger partial charge in [0.15, 0.2) is 0 Å². The molecule has 0 aromatic heterocycles. The lowest BCUT2D eigenvalue weighted by Gasteiger charge is -2.13. The van der Waals surface area contributed by atoms with Crippen LogP contribution in [0.3, 0.4) is 0 Å². The molecule has 0 atom stereocenters. The molecule has 19 heavy (non-hydrogen) atoms. The maximum atomic E-state index is 12.8. The van der Waals surface area contributed by atoms with Crippen LogP contribution in [0.1, 0.15) is 15.9 Å². The van der Waals surface area contributed by atoms with Gasteiger partial charge in [-0.25, -0.2) is 5.48 Å². The molecule has 106 valence electrons. The maximum absolute atomic E-state index is 12.8. The van der Waals surface area contributed by atoms with Gasteiger partial charge in [0.05, 0.1) is 24.3 Å². The quantitative estimate of drug-likeness (QED) is 0.661. The van der Waals surface area contributed by atoms with Crippen molar-refractivity contribution in [3.05, 3.63) is 33.8 Å². The highest BCUT2D eigenvalue weighted by atomic mass is 79.9. The molecule has 0 bridgehead atoms. The van der Waals surface area contributed by atoms with Crippen molar-refractivity contribution in [2.75, 3.05) is 20.3 Å². The summed E-state index contributed by atoms with van der Waals surface area (Å²) in [4.78, 5) is 16.3. The van der Waals surface area contributed by atoms with E-state index in [1.54, 1.807) is 0 Å². The Morgan fingerprint density at radius 1 is 1.37 bits per heavy atom. The normalized spacial score (nSPS) is 11.4. The minimum absolute atomic E-state index is 0.0418. The van der Waals surface area contributed by atoms with Crippen LogP contribution >= 0.6 is 15.9 Å². The van der Waals surface area contributed by atoms with Crippen LogP contribution in [-0.4, -0.2) is 26.2 Å². The van der Waals surface area contributed by atoms with E-state index >= 15 is 0 Å². The standard InChI is InChI=1S/C11H11BrF3NO3/c1-18-4-5-19-16-10(17)8-3-2-7(12)6-9(8)11(13,14)15/h2-3,6H,4-5H2,1H3,(H,16,17). The molecular formula is C11H11BrF3NO3. The first-order valence-electron chi connectivity index (χ1n) is 5.14. The molecule has 0 spiro atoms. The maximum Gasteiger partial charge on any atom is 0.417 e. The lowest BCUT2D eigenvalue weighted by atomic mass is 10.1. The molecule has 0 fully saturated rings. The number of nitrogens with one attached hydrogen (secondary N) is 1. The van der Waals surface area contributed by atoms with Gasteiger partial charge in [0.2, 0.25) is 0 Å². The zero-order chi connectivity index (χ0) is 14.5. The van der Waals surface area contributed by atoms with Gasteiger partial charge in [-0.15, -0.1) is 0 Å². The van der Waals surface area contributed by atoms with Crippen molar-refractivity contribution < 1.29 is 27.5 Å². The number of alkyl halides is 3. The minimum atomic E-state index is -4.62. The molecule has 1 N–H and O–H groups in total. The van der Waals surface area contributed by atoms with Gasteiger partial charge in [0.1, 0.15) is 0 Å². The van der Waals surface area contributed by atoms with Crippen molar-refractivity contribution in [2.45, 2.75) is 6.18 Å². The van der Waals surface area contributed by atoms with Crippen LogP contribution in [0.4, 0.5) is 13.2 Å². The van der Waals surface area contributed by atoms with Crippen molar-refractivity contribution in [1.29, 1.82) is 0 Å². The molecule has 1 aromatic carbocycles. The van der Waals surface area contributed by atoms with Crippen LogP contribution in [0.25, 0.3) is 0 Å². The second kappa shape index (κ2) is 6.88. The molecule has 8 heteroatoms. The summed E-state index contributed by atoms with van der Waals surface area (Å²) in [7, 11) is 1.43. The predicted molar refractivity (Wildman–Crippen MR) is 64.4 cm³/mol. The van der Waals surface area contributed by atoms with Crippen LogP contribution in [0, 0.1) is 0 Å². The molecule has 0 aliphatic carbocycles. The average Bonchev–Trinajstić information content (AvgIpc) is 2.33. The van der Waals surface area contributed by atoms with Crippen LogP contribution < -0.4 is 5.48 Å². The highest BCUT2D eigenvalue weighted by Crippen LogP contribution is 2.33. The molecule has 0 saturated carbocycles. The van der Waals surface area contributed by atoms with E-state index in [9.17, 15) is 18.0 Å². The molecule has 0 unspecified atom stereocenters. The number of rotatable bonds is 5. The lowest BCUT2D eigenvalue weighted by molar-refractivity contribution is -0.138. The first-order chi connectivity index (χ1) is 8.86. The average molecular weight is 342 g/mol. The predicted octanol–water partition coefficient (Wildman–Crippen LogP) is 2.78. The lowest BCUT2D eigenvalue weighted by Crippen LogP contribution is -2.27. The fraction of sp³-hybridized carbons (Fsp3) is 0.364. The van der Waals surface area contributed by atoms with Crippen LogP contribution in [0.5, 0.6) is 0 Å². The van der Waals surface area contributed by atoms with E-state index in [-0.39, 0.29) is 17.7 Å². The first-order valence-corrected chi connectivity index (χ1v) is 5.93. The van der Waals surface area contributed by atoms with Crippen molar-refractivity contribution in [2.24, 2.45) is 0 Å². The molecule has 0 aliphatic rings. The molecular weight excluding hydrogens is 331 g/mol. The van der Waals surface area contributed by atoms with Crippen LogP contribution in [0.15, 0.2) is 22.7 Å². The van der Waals surface area contributed by atoms with Crippen molar-refractivity contribution in [1.82, 2.24) is 5.48 Å². The topological polar surface area (TPSA) is 47.6 Å². The van der Waals surface area contributed by atoms with E-state index in [2.05, 4.69) is 25.5 Å². The number of benzene rings is 1. The SMILES string of the molecule is COCCONC(=O)c1ccc(Br)cc1C(F)(F)F. The fourth-order valence-electron chi connectivity index (χ4n) is 1.25. The number of carbonyl (C=O) groups is 1. The van der Waals surface area contributed by atoms with Crippen LogP contribution in [-0.2, 0) is 15.8 Å². The van der Waals surface area contributed by atoms with Gasteiger partial charge in [0, 0.05) is 11.6 Å². The Morgan fingerprint density at radius 2 is 2.05 bits per heavy atom. The van der Waals surface area contributed by atoms with Gasteiger partial charge in [-0.3, -0.25) is 9.63 Å². The smallest absolute Gasteiger partial charge is 0.382 e. The zero-order valence-electron chi connectivity index (χ0n) is 9.88. The van der Waals surface area contributed by atoms with Gasteiger partial charge in [0.25, 0.3) is 5.91 Å². The first kappa shape index (κ1) is 15.9. The summed E-state index contributed by atoms with van der Waals surface area (Å²) in [5.74, 6) is -0.962. The third-order valence-corrected chi connectivity index (χ3v) is 2.58. The number of hydrogen-bond acceptors (Lipinski definition) is 3. The highest BCUT2D eigenvalue weighted by Gasteiger charge is 2.35. The van der Waals surface area contributed by atoms with Crippen LogP contribution in [0.2, 0.25) is 0 Å². The van der Waals surface area contributed by atoms with E-state index in [1.165, 1.54) is 13.2 Å². The van der Waals surface area contributed by atoms with Gasteiger partial charge >= 0.3 is 6.18 Å². The van der Waals surface area contributed by atoms with Gasteiger partial charge in [-0.2, -0.15) is 13.2 Å². The van der Waals surface area contributed by atoms with Gasteiger partial charge in [-0.1, -0.05) is 15.9 Å². The second-order valence-electron chi connectivity index (χ2n) is 3.46. The third-order valence-electron chi connectivity index (χ3n) is 2.09. The Hall–Kier alpha value is -1.12. The molecule has 0 heterocycles. The van der Waals surface area contributed by atoms with Gasteiger partial charge < -0.3 is 4.74 Å². The number of hydroxylamine groups is 1. The second-order valence-corrected chi connectivity index (χ2v) is 4.38. The summed E-state index contributed by atoms with van der Waals surface area (Å²) >= 11 is 2.93. The summed E-state index contributed by atoms with van der Waals surface area (Å²) < 4.78 is 43.2. The van der Waals surface area contributed by atoms with E-state index < -0.39 is 23.2 Å². The summed E-state index contributed by atoms with van der Waals surface area (Å²) in [6.45, 7) is 0.257. The largest absolute Gasteiger partial charge is 0.417 e. The summed E-state index contributed by atoms with van der Waals surface area (Å²) in [5, 5.41) is 0. The monoisotopic (exact) mass is 341 g/mol. The zero-order valence-corrected chi connectivity index (χ0v) is 11.5. The molecule has 0 aliphatic heterocycles. The number of ether oxygens (including phenoxy) is 1.